The molecule has 160 valence electrons. The van der Waals surface area contributed by atoms with Crippen LogP contribution >= 0.6 is 24.0 Å². The first-order valence-corrected chi connectivity index (χ1v) is 12.3. The minimum atomic E-state index is -0.0148. The fraction of sp³-hybridized carbons (Fsp3) is 0.360. The average molecular weight is 450 g/mol. The zero-order valence-corrected chi connectivity index (χ0v) is 19.3. The van der Waals surface area contributed by atoms with Crippen LogP contribution in [-0.2, 0) is 0 Å². The van der Waals surface area contributed by atoms with Crippen LogP contribution in [0.25, 0.3) is 0 Å². The number of nitrogens with zero attached hydrogens (tertiary/aromatic N) is 2. The highest BCUT2D eigenvalue weighted by Gasteiger charge is 2.44. The van der Waals surface area contributed by atoms with Crippen molar-refractivity contribution in [3.63, 3.8) is 0 Å². The van der Waals surface area contributed by atoms with Gasteiger partial charge in [0.05, 0.1) is 11.7 Å². The van der Waals surface area contributed by atoms with Crippen molar-refractivity contribution in [2.24, 2.45) is 0 Å². The summed E-state index contributed by atoms with van der Waals surface area (Å²) in [4.78, 5) is 8.21. The van der Waals surface area contributed by atoms with Gasteiger partial charge in [0.15, 0.2) is 10.2 Å². The zero-order valence-electron chi connectivity index (χ0n) is 17.7. The monoisotopic (exact) mass is 449 g/mol. The Morgan fingerprint density at radius 1 is 1.03 bits per heavy atom. The number of benzene rings is 1. The Kier molecular flexibility index (Phi) is 6.01. The highest BCUT2D eigenvalue weighted by Crippen LogP contribution is 2.44. The third-order valence-corrected chi connectivity index (χ3v) is 7.49. The summed E-state index contributed by atoms with van der Waals surface area (Å²) in [5, 5.41) is 5.28. The number of rotatable bonds is 5. The van der Waals surface area contributed by atoms with Crippen molar-refractivity contribution in [1.29, 1.82) is 0 Å². The predicted octanol–water partition coefficient (Wildman–Crippen LogP) is 6.44. The van der Waals surface area contributed by atoms with Gasteiger partial charge in [0.25, 0.3) is 0 Å². The van der Waals surface area contributed by atoms with Crippen molar-refractivity contribution >= 4 is 29.1 Å². The predicted molar refractivity (Wildman–Crippen MR) is 128 cm³/mol. The summed E-state index contributed by atoms with van der Waals surface area (Å²) >= 11 is 7.50. The van der Waals surface area contributed by atoms with Gasteiger partial charge in [0, 0.05) is 17.1 Å². The molecule has 1 saturated heterocycles. The minimum Gasteiger partial charge on any atom is -0.452 e. The molecule has 3 aromatic rings. The molecule has 0 amide bonds. The lowest BCUT2D eigenvalue weighted by atomic mass is 9.92. The molecule has 1 aromatic carbocycles. The third kappa shape index (κ3) is 4.37. The number of pyridine rings is 1. The van der Waals surface area contributed by atoms with E-state index in [1.165, 1.54) is 42.6 Å². The summed E-state index contributed by atoms with van der Waals surface area (Å²) in [6, 6.07) is 19.2. The summed E-state index contributed by atoms with van der Waals surface area (Å²) in [5.74, 6) is 0.947. The highest BCUT2D eigenvalue weighted by molar-refractivity contribution is 7.99. The number of nitrogens with one attached hydrogen (secondary N) is 1. The first-order valence-electron chi connectivity index (χ1n) is 11.0. The molecule has 1 aliphatic heterocycles. The summed E-state index contributed by atoms with van der Waals surface area (Å²) < 4.78 is 6.42. The standard InChI is InChI=1S/C25H27N3OS2/c1-17-10-12-19(13-11-17)31-22-15-14-21(29-22)24-23(20-9-5-6-16-26-20)27-25(30)28(24)18-7-3-2-4-8-18/h5-6,9-16,18,23-24H,2-4,7-8H2,1H3,(H,27,30)/t23-,24+/m0/s1. The van der Waals surface area contributed by atoms with E-state index in [0.29, 0.717) is 6.04 Å². The van der Waals surface area contributed by atoms with E-state index >= 15 is 0 Å². The zero-order chi connectivity index (χ0) is 21.2. The van der Waals surface area contributed by atoms with E-state index in [2.05, 4.69) is 64.6 Å². The molecule has 2 atom stereocenters. The van der Waals surface area contributed by atoms with Crippen molar-refractivity contribution < 1.29 is 4.42 Å². The molecule has 0 radical (unpaired) electrons. The molecular formula is C25H27N3OS2. The average Bonchev–Trinajstić information content (AvgIpc) is 3.40. The molecule has 0 unspecified atom stereocenters. The Morgan fingerprint density at radius 3 is 2.58 bits per heavy atom. The van der Waals surface area contributed by atoms with Crippen LogP contribution in [0.3, 0.4) is 0 Å². The Balaban J connectivity index is 1.46. The Hall–Kier alpha value is -2.31. The molecule has 1 N–H and O–H groups in total. The van der Waals surface area contributed by atoms with E-state index in [4.69, 9.17) is 16.6 Å². The van der Waals surface area contributed by atoms with Crippen molar-refractivity contribution in [3.8, 4) is 0 Å². The molecule has 0 spiro atoms. The largest absolute Gasteiger partial charge is 0.452 e. The van der Waals surface area contributed by atoms with Crippen molar-refractivity contribution in [1.82, 2.24) is 15.2 Å². The van der Waals surface area contributed by atoms with Crippen LogP contribution in [0.4, 0.5) is 0 Å². The van der Waals surface area contributed by atoms with E-state index in [9.17, 15) is 0 Å². The number of aromatic nitrogens is 1. The van der Waals surface area contributed by atoms with Crippen molar-refractivity contribution in [3.05, 3.63) is 77.8 Å². The van der Waals surface area contributed by atoms with E-state index in [1.807, 2.05) is 18.3 Å². The first-order chi connectivity index (χ1) is 15.2. The number of aryl methyl sites for hydroxylation is 1. The second-order valence-corrected chi connectivity index (χ2v) is 9.86. The van der Waals surface area contributed by atoms with Crippen molar-refractivity contribution in [2.75, 3.05) is 0 Å². The van der Waals surface area contributed by atoms with Gasteiger partial charge in [-0.3, -0.25) is 4.98 Å². The van der Waals surface area contributed by atoms with E-state index < -0.39 is 0 Å². The number of hydrogen-bond donors (Lipinski definition) is 1. The van der Waals surface area contributed by atoms with Crippen molar-refractivity contribution in [2.45, 2.75) is 67.1 Å². The lowest BCUT2D eigenvalue weighted by molar-refractivity contribution is 0.174. The first kappa shape index (κ1) is 20.6. The van der Waals surface area contributed by atoms with Gasteiger partial charge in [0.1, 0.15) is 11.8 Å². The van der Waals surface area contributed by atoms with Crippen LogP contribution in [0, 0.1) is 6.92 Å². The number of furan rings is 1. The maximum absolute atomic E-state index is 6.42. The Morgan fingerprint density at radius 2 is 1.84 bits per heavy atom. The van der Waals surface area contributed by atoms with E-state index in [-0.39, 0.29) is 12.1 Å². The summed E-state index contributed by atoms with van der Waals surface area (Å²) in [6.07, 6.45) is 8.05. The van der Waals surface area contributed by atoms with E-state index in [0.717, 1.165) is 21.7 Å². The maximum Gasteiger partial charge on any atom is 0.170 e. The second-order valence-electron chi connectivity index (χ2n) is 8.40. The Labute approximate surface area is 193 Å². The molecule has 2 fully saturated rings. The van der Waals surface area contributed by atoms with E-state index in [1.54, 1.807) is 11.8 Å². The summed E-state index contributed by atoms with van der Waals surface area (Å²) in [7, 11) is 0. The topological polar surface area (TPSA) is 41.3 Å². The molecule has 2 aliphatic rings. The molecule has 31 heavy (non-hydrogen) atoms. The minimum absolute atomic E-state index is 0.0119. The van der Waals surface area contributed by atoms with Gasteiger partial charge in [0.2, 0.25) is 0 Å². The quantitative estimate of drug-likeness (QED) is 0.452. The molecule has 6 heteroatoms. The molecule has 4 nitrogen and oxygen atoms in total. The highest BCUT2D eigenvalue weighted by atomic mass is 32.2. The number of hydrogen-bond acceptors (Lipinski definition) is 4. The fourth-order valence-corrected chi connectivity index (χ4v) is 5.86. The van der Waals surface area contributed by atoms with Crippen LogP contribution in [0.5, 0.6) is 0 Å². The van der Waals surface area contributed by atoms with Crippen LogP contribution in [0.1, 0.15) is 61.2 Å². The fourth-order valence-electron chi connectivity index (χ4n) is 4.69. The molecule has 3 heterocycles. The molecular weight excluding hydrogens is 422 g/mol. The van der Waals surface area contributed by atoms with Gasteiger partial charge >= 0.3 is 0 Å². The molecule has 5 rings (SSSR count). The normalized spacial score (nSPS) is 22.0. The summed E-state index contributed by atoms with van der Waals surface area (Å²) in [5.41, 5.74) is 2.26. The molecule has 2 aromatic heterocycles. The van der Waals surface area contributed by atoms with Gasteiger partial charge in [-0.2, -0.15) is 0 Å². The van der Waals surface area contributed by atoms with Gasteiger partial charge in [-0.05, 0) is 68.4 Å². The molecule has 1 aliphatic carbocycles. The lowest BCUT2D eigenvalue weighted by Gasteiger charge is -2.36. The van der Waals surface area contributed by atoms with Crippen LogP contribution in [0.15, 0.2) is 75.2 Å². The lowest BCUT2D eigenvalue weighted by Crippen LogP contribution is -2.40. The van der Waals surface area contributed by atoms with Crippen LogP contribution < -0.4 is 5.32 Å². The number of thiocarbonyl (C=S) groups is 1. The van der Waals surface area contributed by atoms with Gasteiger partial charge in [-0.25, -0.2) is 0 Å². The third-order valence-electron chi connectivity index (χ3n) is 6.24. The summed E-state index contributed by atoms with van der Waals surface area (Å²) in [6.45, 7) is 2.10. The molecule has 1 saturated carbocycles. The smallest absolute Gasteiger partial charge is 0.170 e. The Bertz CT molecular complexity index is 1030. The van der Waals surface area contributed by atoms with Gasteiger partial charge < -0.3 is 14.6 Å². The maximum atomic E-state index is 6.42. The van der Waals surface area contributed by atoms with Gasteiger partial charge in [-0.1, -0.05) is 54.8 Å². The molecule has 0 bridgehead atoms. The van der Waals surface area contributed by atoms with Crippen LogP contribution in [-0.4, -0.2) is 21.0 Å². The van der Waals surface area contributed by atoms with Gasteiger partial charge in [-0.15, -0.1) is 0 Å². The second kappa shape index (κ2) is 9.05. The van der Waals surface area contributed by atoms with Crippen LogP contribution in [0.2, 0.25) is 0 Å². The SMILES string of the molecule is Cc1ccc(Sc2ccc([C@@H]3[C@H](c4ccccn4)NC(=S)N3C3CCCCC3)o2)cc1.